The van der Waals surface area contributed by atoms with Gasteiger partial charge in [-0.1, -0.05) is 0 Å². The number of nitrogens with zero attached hydrogens (tertiary/aromatic N) is 2. The maximum Gasteiger partial charge on any atom is 0.422 e. The number of hydrogen-bond acceptors (Lipinski definition) is 5. The van der Waals surface area contributed by atoms with Crippen molar-refractivity contribution in [1.29, 1.82) is 0 Å². The molecule has 1 aromatic carbocycles. The SMILES string of the molecule is CCOC(=O)c1n[nH]nc1-c1cc(F)c(OCC(F)(F)F)c(F)c1. The number of rotatable bonds is 5. The third kappa shape index (κ3) is 3.97. The van der Waals surface area contributed by atoms with Crippen LogP contribution in [0.4, 0.5) is 22.0 Å². The second-order valence-corrected chi connectivity index (χ2v) is 4.41. The van der Waals surface area contributed by atoms with Gasteiger partial charge >= 0.3 is 12.1 Å². The molecule has 2 aromatic rings. The molecule has 2 rings (SSSR count). The number of alkyl halides is 3. The van der Waals surface area contributed by atoms with Crippen LogP contribution in [0, 0.1) is 11.6 Å². The Morgan fingerprint density at radius 1 is 1.21 bits per heavy atom. The molecule has 1 N–H and O–H groups in total. The maximum atomic E-state index is 13.9. The molecule has 0 spiro atoms. The average molecular weight is 351 g/mol. The van der Waals surface area contributed by atoms with E-state index in [2.05, 4.69) is 20.1 Å². The normalized spacial score (nSPS) is 11.4. The first-order chi connectivity index (χ1) is 11.2. The lowest BCUT2D eigenvalue weighted by atomic mass is 10.1. The Hall–Kier alpha value is -2.72. The van der Waals surface area contributed by atoms with Crippen LogP contribution in [0.1, 0.15) is 17.4 Å². The van der Waals surface area contributed by atoms with Crippen LogP contribution in [0.3, 0.4) is 0 Å². The van der Waals surface area contributed by atoms with Gasteiger partial charge in [0.05, 0.1) is 6.61 Å². The topological polar surface area (TPSA) is 77.1 Å². The second kappa shape index (κ2) is 6.81. The van der Waals surface area contributed by atoms with Gasteiger partial charge in [-0.25, -0.2) is 13.6 Å². The Morgan fingerprint density at radius 3 is 2.38 bits per heavy atom. The summed E-state index contributed by atoms with van der Waals surface area (Å²) in [6.07, 6.45) is -4.75. The first-order valence-electron chi connectivity index (χ1n) is 6.49. The Balaban J connectivity index is 2.34. The van der Waals surface area contributed by atoms with Crippen molar-refractivity contribution in [3.63, 3.8) is 0 Å². The number of esters is 1. The molecule has 0 atom stereocenters. The highest BCUT2D eigenvalue weighted by atomic mass is 19.4. The smallest absolute Gasteiger partial charge is 0.422 e. The number of hydrogen-bond donors (Lipinski definition) is 1. The van der Waals surface area contributed by atoms with Crippen molar-refractivity contribution in [2.45, 2.75) is 13.1 Å². The highest BCUT2D eigenvalue weighted by Crippen LogP contribution is 2.30. The van der Waals surface area contributed by atoms with Crippen molar-refractivity contribution >= 4 is 5.97 Å². The van der Waals surface area contributed by atoms with Crippen LogP contribution in [0.25, 0.3) is 11.3 Å². The summed E-state index contributed by atoms with van der Waals surface area (Å²) < 4.78 is 72.8. The minimum absolute atomic E-state index is 0.0398. The molecule has 0 fully saturated rings. The van der Waals surface area contributed by atoms with E-state index < -0.39 is 36.1 Å². The first-order valence-corrected chi connectivity index (χ1v) is 6.49. The van der Waals surface area contributed by atoms with E-state index in [9.17, 15) is 26.7 Å². The van der Waals surface area contributed by atoms with E-state index in [1.54, 1.807) is 6.92 Å². The minimum atomic E-state index is -4.75. The fourth-order valence-corrected chi connectivity index (χ4v) is 1.76. The summed E-state index contributed by atoms with van der Waals surface area (Å²) in [5.74, 6) is -4.82. The maximum absolute atomic E-state index is 13.9. The van der Waals surface area contributed by atoms with Crippen molar-refractivity contribution in [2.75, 3.05) is 13.2 Å². The Kier molecular flexibility index (Phi) is 5.00. The van der Waals surface area contributed by atoms with Gasteiger partial charge in [0.2, 0.25) is 0 Å². The number of carbonyl (C=O) groups excluding carboxylic acids is 1. The summed E-state index contributed by atoms with van der Waals surface area (Å²) in [5.41, 5.74) is -0.755. The Morgan fingerprint density at radius 2 is 1.83 bits per heavy atom. The van der Waals surface area contributed by atoms with E-state index in [1.165, 1.54) is 0 Å². The molecule has 0 aliphatic heterocycles. The quantitative estimate of drug-likeness (QED) is 0.662. The molecule has 0 aliphatic rings. The Labute approximate surface area is 131 Å². The summed E-state index contributed by atoms with van der Waals surface area (Å²) in [6, 6.07) is 1.35. The van der Waals surface area contributed by atoms with E-state index in [1.807, 2.05) is 0 Å². The van der Waals surface area contributed by atoms with E-state index in [-0.39, 0.29) is 23.6 Å². The molecule has 1 aromatic heterocycles. The molecule has 0 saturated carbocycles. The fourth-order valence-electron chi connectivity index (χ4n) is 1.76. The molecule has 1 heterocycles. The number of benzene rings is 1. The van der Waals surface area contributed by atoms with Crippen molar-refractivity contribution in [1.82, 2.24) is 15.4 Å². The molecule has 0 bridgehead atoms. The van der Waals surface area contributed by atoms with Crippen LogP contribution in [-0.2, 0) is 4.74 Å². The lowest BCUT2D eigenvalue weighted by molar-refractivity contribution is -0.154. The molecular formula is C13H10F5N3O3. The molecule has 24 heavy (non-hydrogen) atoms. The lowest BCUT2D eigenvalue weighted by Crippen LogP contribution is -2.20. The second-order valence-electron chi connectivity index (χ2n) is 4.41. The number of halogens is 5. The van der Waals surface area contributed by atoms with E-state index in [4.69, 9.17) is 4.74 Å². The van der Waals surface area contributed by atoms with Crippen LogP contribution in [0.15, 0.2) is 12.1 Å². The summed E-state index contributed by atoms with van der Waals surface area (Å²) >= 11 is 0. The average Bonchev–Trinajstić information content (AvgIpc) is 2.94. The predicted octanol–water partition coefficient (Wildman–Crippen LogP) is 2.87. The van der Waals surface area contributed by atoms with Gasteiger partial charge in [0.1, 0.15) is 5.69 Å². The van der Waals surface area contributed by atoms with Crippen LogP contribution in [-0.4, -0.2) is 40.8 Å². The van der Waals surface area contributed by atoms with E-state index in [0.29, 0.717) is 12.1 Å². The largest absolute Gasteiger partial charge is 0.478 e. The molecule has 0 radical (unpaired) electrons. The number of carbonyl (C=O) groups is 1. The number of ether oxygens (including phenoxy) is 2. The molecule has 0 amide bonds. The van der Waals surface area contributed by atoms with Gasteiger partial charge in [-0.05, 0) is 19.1 Å². The van der Waals surface area contributed by atoms with Crippen molar-refractivity contribution < 1.29 is 36.2 Å². The van der Waals surface area contributed by atoms with Gasteiger partial charge < -0.3 is 9.47 Å². The van der Waals surface area contributed by atoms with Gasteiger partial charge in [0, 0.05) is 5.56 Å². The third-order valence-electron chi connectivity index (χ3n) is 2.67. The Bertz CT molecular complexity index is 722. The highest BCUT2D eigenvalue weighted by Gasteiger charge is 2.30. The summed E-state index contributed by atoms with van der Waals surface area (Å²) in [7, 11) is 0. The van der Waals surface area contributed by atoms with Gasteiger partial charge in [-0.3, -0.25) is 0 Å². The number of H-pyrrole nitrogens is 1. The van der Waals surface area contributed by atoms with E-state index >= 15 is 0 Å². The molecule has 6 nitrogen and oxygen atoms in total. The molecule has 0 aliphatic carbocycles. The monoisotopic (exact) mass is 351 g/mol. The van der Waals surface area contributed by atoms with Crippen LogP contribution >= 0.6 is 0 Å². The third-order valence-corrected chi connectivity index (χ3v) is 2.67. The minimum Gasteiger partial charge on any atom is -0.478 e. The number of aromatic nitrogens is 3. The summed E-state index contributed by atoms with van der Waals surface area (Å²) in [4.78, 5) is 11.7. The van der Waals surface area contributed by atoms with Gasteiger partial charge in [0.25, 0.3) is 0 Å². The van der Waals surface area contributed by atoms with Gasteiger partial charge in [0.15, 0.2) is 29.7 Å². The number of nitrogens with one attached hydrogen (secondary N) is 1. The van der Waals surface area contributed by atoms with E-state index in [0.717, 1.165) is 0 Å². The zero-order chi connectivity index (χ0) is 17.9. The molecule has 11 heteroatoms. The summed E-state index contributed by atoms with van der Waals surface area (Å²) in [5, 5.41) is 9.23. The van der Waals surface area contributed by atoms with Gasteiger partial charge in [-0.2, -0.15) is 23.5 Å². The van der Waals surface area contributed by atoms with Crippen LogP contribution < -0.4 is 4.74 Å². The zero-order valence-electron chi connectivity index (χ0n) is 12.1. The van der Waals surface area contributed by atoms with Crippen molar-refractivity contribution in [3.05, 3.63) is 29.5 Å². The van der Waals surface area contributed by atoms with Crippen LogP contribution in [0.2, 0.25) is 0 Å². The fraction of sp³-hybridized carbons (Fsp3) is 0.308. The van der Waals surface area contributed by atoms with Crippen molar-refractivity contribution in [3.8, 4) is 17.0 Å². The predicted molar refractivity (Wildman–Crippen MR) is 69.2 cm³/mol. The lowest BCUT2D eigenvalue weighted by Gasteiger charge is -2.11. The first kappa shape index (κ1) is 17.6. The molecule has 130 valence electrons. The molecular weight excluding hydrogens is 341 g/mol. The van der Waals surface area contributed by atoms with Crippen molar-refractivity contribution in [2.24, 2.45) is 0 Å². The molecule has 0 unspecified atom stereocenters. The highest BCUT2D eigenvalue weighted by molar-refractivity contribution is 5.93. The van der Waals surface area contributed by atoms with Crippen LogP contribution in [0.5, 0.6) is 5.75 Å². The number of aromatic amines is 1. The standard InChI is InChI=1S/C13H10F5N3O3/c1-2-23-12(22)10-9(19-21-20-10)6-3-7(14)11(8(15)4-6)24-5-13(16,17)18/h3-4H,2,5H2,1H3,(H,19,20,21). The molecule has 0 saturated heterocycles. The summed E-state index contributed by atoms with van der Waals surface area (Å²) in [6.45, 7) is -0.264. The van der Waals surface area contributed by atoms with Gasteiger partial charge in [-0.15, -0.1) is 5.10 Å². The zero-order valence-corrected chi connectivity index (χ0v) is 12.1.